The second kappa shape index (κ2) is 3.47. The minimum Gasteiger partial charge on any atom is -0.339 e. The van der Waals surface area contributed by atoms with Crippen LogP contribution >= 0.6 is 11.3 Å². The van der Waals surface area contributed by atoms with Gasteiger partial charge in [0.25, 0.3) is 0 Å². The lowest BCUT2D eigenvalue weighted by Crippen LogP contribution is -2.58. The summed E-state index contributed by atoms with van der Waals surface area (Å²) in [7, 11) is 0. The van der Waals surface area contributed by atoms with Crippen molar-refractivity contribution in [3.8, 4) is 0 Å². The molecule has 2 heterocycles. The van der Waals surface area contributed by atoms with Crippen molar-refractivity contribution in [3.63, 3.8) is 0 Å². The molecule has 3 nitrogen and oxygen atoms in total. The zero-order chi connectivity index (χ0) is 9.26. The Labute approximate surface area is 81.2 Å². The monoisotopic (exact) mass is 196 g/mol. The van der Waals surface area contributed by atoms with Gasteiger partial charge in [-0.05, 0) is 22.4 Å². The number of likely N-dealkylation sites (tertiary alicyclic amines) is 1. The number of carbonyl (C=O) groups is 1. The first-order valence-corrected chi connectivity index (χ1v) is 5.24. The molecule has 0 spiro atoms. The molecule has 1 aromatic rings. The fourth-order valence-corrected chi connectivity index (χ4v) is 2.06. The summed E-state index contributed by atoms with van der Waals surface area (Å²) in [5.74, 6) is 0.195. The molecular formula is C9H12N2OS. The molecule has 0 aromatic carbocycles. The van der Waals surface area contributed by atoms with Crippen LogP contribution in [0.5, 0.6) is 0 Å². The lowest BCUT2D eigenvalue weighted by molar-refractivity contribution is -0.134. The van der Waals surface area contributed by atoms with Gasteiger partial charge in [-0.3, -0.25) is 4.79 Å². The van der Waals surface area contributed by atoms with Crippen LogP contribution < -0.4 is 5.73 Å². The van der Waals surface area contributed by atoms with E-state index in [2.05, 4.69) is 0 Å². The highest BCUT2D eigenvalue weighted by Crippen LogP contribution is 2.11. The van der Waals surface area contributed by atoms with Crippen LogP contribution in [0.25, 0.3) is 0 Å². The predicted molar refractivity (Wildman–Crippen MR) is 52.6 cm³/mol. The van der Waals surface area contributed by atoms with Gasteiger partial charge < -0.3 is 10.6 Å². The zero-order valence-corrected chi connectivity index (χ0v) is 8.09. The summed E-state index contributed by atoms with van der Waals surface area (Å²) in [6.45, 7) is 1.45. The number of thiophene rings is 1. The van der Waals surface area contributed by atoms with Crippen LogP contribution in [0.1, 0.15) is 5.56 Å². The van der Waals surface area contributed by atoms with Gasteiger partial charge in [-0.2, -0.15) is 11.3 Å². The van der Waals surface area contributed by atoms with Gasteiger partial charge in [-0.25, -0.2) is 0 Å². The van der Waals surface area contributed by atoms with Crippen LogP contribution in [-0.4, -0.2) is 29.9 Å². The third-order valence-corrected chi connectivity index (χ3v) is 2.93. The van der Waals surface area contributed by atoms with E-state index >= 15 is 0 Å². The second-order valence-electron chi connectivity index (χ2n) is 3.37. The smallest absolute Gasteiger partial charge is 0.227 e. The van der Waals surface area contributed by atoms with E-state index < -0.39 is 0 Å². The number of amides is 1. The molecule has 2 N–H and O–H groups in total. The molecule has 1 aliphatic heterocycles. The Morgan fingerprint density at radius 2 is 2.46 bits per heavy atom. The van der Waals surface area contributed by atoms with Gasteiger partial charge in [0.1, 0.15) is 0 Å². The predicted octanol–water partition coefficient (Wildman–Crippen LogP) is 0.460. The standard InChI is InChI=1S/C9H12N2OS/c10-8-4-11(5-8)9(12)3-7-1-2-13-6-7/h1-2,6,8H,3-5,10H2. The molecule has 70 valence electrons. The van der Waals surface area contributed by atoms with Gasteiger partial charge in [-0.15, -0.1) is 0 Å². The zero-order valence-electron chi connectivity index (χ0n) is 7.27. The number of nitrogens with zero attached hydrogens (tertiary/aromatic N) is 1. The van der Waals surface area contributed by atoms with Crippen molar-refractivity contribution in [2.24, 2.45) is 5.73 Å². The van der Waals surface area contributed by atoms with E-state index in [1.54, 1.807) is 11.3 Å². The van der Waals surface area contributed by atoms with E-state index in [9.17, 15) is 4.79 Å². The van der Waals surface area contributed by atoms with Crippen LogP contribution in [-0.2, 0) is 11.2 Å². The first-order valence-electron chi connectivity index (χ1n) is 4.30. The third kappa shape index (κ3) is 1.89. The Balaban J connectivity index is 1.86. The van der Waals surface area contributed by atoms with Crippen LogP contribution in [0.4, 0.5) is 0 Å². The van der Waals surface area contributed by atoms with E-state index in [0.29, 0.717) is 6.42 Å². The SMILES string of the molecule is NC1CN(C(=O)Cc2ccsc2)C1. The second-order valence-corrected chi connectivity index (χ2v) is 4.15. The van der Waals surface area contributed by atoms with Crippen molar-refractivity contribution < 1.29 is 4.79 Å². The molecule has 0 unspecified atom stereocenters. The molecule has 1 amide bonds. The average molecular weight is 196 g/mol. The van der Waals surface area contributed by atoms with Gasteiger partial charge in [0.2, 0.25) is 5.91 Å². The van der Waals surface area contributed by atoms with Crippen LogP contribution in [0, 0.1) is 0 Å². The lowest BCUT2D eigenvalue weighted by Gasteiger charge is -2.36. The summed E-state index contributed by atoms with van der Waals surface area (Å²) in [5, 5.41) is 4.00. The fourth-order valence-electron chi connectivity index (χ4n) is 1.40. The number of nitrogens with two attached hydrogens (primary N) is 1. The largest absolute Gasteiger partial charge is 0.339 e. The van der Waals surface area contributed by atoms with Crippen molar-refractivity contribution in [1.82, 2.24) is 4.90 Å². The highest BCUT2D eigenvalue weighted by atomic mass is 32.1. The molecule has 0 atom stereocenters. The Morgan fingerprint density at radius 1 is 1.69 bits per heavy atom. The van der Waals surface area contributed by atoms with E-state index in [1.807, 2.05) is 21.7 Å². The van der Waals surface area contributed by atoms with Crippen LogP contribution in [0.2, 0.25) is 0 Å². The van der Waals surface area contributed by atoms with Gasteiger partial charge in [0, 0.05) is 19.1 Å². The van der Waals surface area contributed by atoms with Crippen molar-refractivity contribution in [2.75, 3.05) is 13.1 Å². The van der Waals surface area contributed by atoms with Gasteiger partial charge in [0.15, 0.2) is 0 Å². The molecule has 0 aliphatic carbocycles. The summed E-state index contributed by atoms with van der Waals surface area (Å²) in [5.41, 5.74) is 6.70. The molecule has 4 heteroatoms. The van der Waals surface area contributed by atoms with Crippen molar-refractivity contribution in [1.29, 1.82) is 0 Å². The van der Waals surface area contributed by atoms with E-state index in [0.717, 1.165) is 18.7 Å². The molecule has 0 radical (unpaired) electrons. The maximum absolute atomic E-state index is 11.5. The summed E-state index contributed by atoms with van der Waals surface area (Å²) >= 11 is 1.62. The number of carbonyl (C=O) groups excluding carboxylic acids is 1. The van der Waals surface area contributed by atoms with Crippen molar-refractivity contribution >= 4 is 17.2 Å². The topological polar surface area (TPSA) is 46.3 Å². The van der Waals surface area contributed by atoms with E-state index in [1.165, 1.54) is 0 Å². The quantitative estimate of drug-likeness (QED) is 0.747. The minimum absolute atomic E-state index is 0.195. The number of hydrogen-bond acceptors (Lipinski definition) is 3. The summed E-state index contributed by atoms with van der Waals surface area (Å²) < 4.78 is 0. The molecular weight excluding hydrogens is 184 g/mol. The Morgan fingerprint density at radius 3 is 3.00 bits per heavy atom. The average Bonchev–Trinajstić information content (AvgIpc) is 2.51. The Bertz CT molecular complexity index is 291. The fraction of sp³-hybridized carbons (Fsp3) is 0.444. The molecule has 1 saturated heterocycles. The first-order chi connectivity index (χ1) is 6.25. The molecule has 0 saturated carbocycles. The maximum atomic E-state index is 11.5. The van der Waals surface area contributed by atoms with Gasteiger partial charge in [0.05, 0.1) is 6.42 Å². The van der Waals surface area contributed by atoms with E-state index in [-0.39, 0.29) is 11.9 Å². The van der Waals surface area contributed by atoms with Crippen molar-refractivity contribution in [3.05, 3.63) is 22.4 Å². The minimum atomic E-state index is 0.195. The Hall–Kier alpha value is -0.870. The van der Waals surface area contributed by atoms with E-state index in [4.69, 9.17) is 5.73 Å². The first kappa shape index (κ1) is 8.72. The van der Waals surface area contributed by atoms with Crippen LogP contribution in [0.15, 0.2) is 16.8 Å². The number of rotatable bonds is 2. The highest BCUT2D eigenvalue weighted by Gasteiger charge is 2.27. The molecule has 1 aliphatic rings. The summed E-state index contributed by atoms with van der Waals surface area (Å²) in [4.78, 5) is 13.3. The molecule has 1 aromatic heterocycles. The van der Waals surface area contributed by atoms with Crippen molar-refractivity contribution in [2.45, 2.75) is 12.5 Å². The maximum Gasteiger partial charge on any atom is 0.227 e. The number of hydrogen-bond donors (Lipinski definition) is 1. The molecule has 1 fully saturated rings. The third-order valence-electron chi connectivity index (χ3n) is 2.20. The van der Waals surface area contributed by atoms with Gasteiger partial charge >= 0.3 is 0 Å². The summed E-state index contributed by atoms with van der Waals surface area (Å²) in [6.07, 6.45) is 0.524. The highest BCUT2D eigenvalue weighted by molar-refractivity contribution is 7.07. The molecule has 0 bridgehead atoms. The van der Waals surface area contributed by atoms with Gasteiger partial charge in [-0.1, -0.05) is 0 Å². The normalized spacial score (nSPS) is 17.2. The molecule has 2 rings (SSSR count). The molecule has 13 heavy (non-hydrogen) atoms. The Kier molecular flexibility index (Phi) is 2.33. The van der Waals surface area contributed by atoms with Crippen LogP contribution in [0.3, 0.4) is 0 Å². The summed E-state index contributed by atoms with van der Waals surface area (Å²) in [6, 6.07) is 2.19. The lowest BCUT2D eigenvalue weighted by atomic mass is 10.1.